The molecule has 7 heteroatoms. The average molecular weight is 485 g/mol. The molecule has 0 bridgehead atoms. The van der Waals surface area contributed by atoms with Gasteiger partial charge in [-0.15, -0.1) is 0 Å². The third-order valence-electron chi connectivity index (χ3n) is 10.1. The highest BCUT2D eigenvalue weighted by Gasteiger charge is 2.83. The summed E-state index contributed by atoms with van der Waals surface area (Å²) >= 11 is 0. The third-order valence-corrected chi connectivity index (χ3v) is 10.1. The fraction of sp³-hybridized carbons (Fsp3) is 0.714. The van der Waals surface area contributed by atoms with E-state index in [1.165, 1.54) is 0 Å². The van der Waals surface area contributed by atoms with E-state index in [2.05, 4.69) is 13.8 Å². The number of hydrogen-bond acceptors (Lipinski definition) is 7. The number of carbonyl (C=O) groups excluding carboxylic acids is 4. The Hall–Kier alpha value is -2.28. The lowest BCUT2D eigenvalue weighted by atomic mass is 9.46. The molecule has 4 aliphatic carbocycles. The Morgan fingerprint density at radius 2 is 1.83 bits per heavy atom. The predicted octanol–water partition coefficient (Wildman–Crippen LogP) is 3.89. The fourth-order valence-corrected chi connectivity index (χ4v) is 8.44. The van der Waals surface area contributed by atoms with Crippen molar-refractivity contribution in [3.05, 3.63) is 23.8 Å². The molecule has 1 spiro atoms. The van der Waals surface area contributed by atoms with Crippen LogP contribution < -0.4 is 0 Å². The molecule has 0 aromatic carbocycles. The number of allylic oxidation sites excluding steroid dienone is 2. The maximum absolute atomic E-state index is 13.9. The van der Waals surface area contributed by atoms with Crippen molar-refractivity contribution >= 4 is 23.5 Å². The van der Waals surface area contributed by atoms with Gasteiger partial charge in [0.1, 0.15) is 5.60 Å². The summed E-state index contributed by atoms with van der Waals surface area (Å²) in [6.07, 6.45) is 8.66. The zero-order valence-electron chi connectivity index (χ0n) is 21.3. The Morgan fingerprint density at radius 3 is 2.51 bits per heavy atom. The molecule has 5 rings (SSSR count). The van der Waals surface area contributed by atoms with Crippen molar-refractivity contribution in [1.29, 1.82) is 0 Å². The van der Waals surface area contributed by atoms with Crippen LogP contribution in [0.25, 0.3) is 0 Å². The van der Waals surface area contributed by atoms with Gasteiger partial charge >= 0.3 is 11.9 Å². The van der Waals surface area contributed by atoms with E-state index < -0.39 is 35.2 Å². The van der Waals surface area contributed by atoms with Crippen LogP contribution in [-0.4, -0.2) is 47.4 Å². The van der Waals surface area contributed by atoms with Crippen LogP contribution in [0, 0.1) is 28.6 Å². The van der Waals surface area contributed by atoms with Crippen molar-refractivity contribution in [3.8, 4) is 0 Å². The molecule has 4 fully saturated rings. The molecule has 3 saturated carbocycles. The van der Waals surface area contributed by atoms with E-state index in [0.29, 0.717) is 6.42 Å². The van der Waals surface area contributed by atoms with Gasteiger partial charge in [-0.3, -0.25) is 19.2 Å². The molecule has 5 aliphatic rings. The summed E-state index contributed by atoms with van der Waals surface area (Å²) in [5.74, 6) is -1.14. The van der Waals surface area contributed by atoms with Crippen LogP contribution in [0.5, 0.6) is 0 Å². The van der Waals surface area contributed by atoms with Gasteiger partial charge in [-0.1, -0.05) is 39.3 Å². The predicted molar refractivity (Wildman–Crippen MR) is 126 cm³/mol. The maximum atomic E-state index is 13.9. The molecule has 1 aliphatic heterocycles. The zero-order chi connectivity index (χ0) is 25.4. The first kappa shape index (κ1) is 24.4. The van der Waals surface area contributed by atoms with Gasteiger partial charge in [0, 0.05) is 29.6 Å². The summed E-state index contributed by atoms with van der Waals surface area (Å²) in [7, 11) is 0. The summed E-state index contributed by atoms with van der Waals surface area (Å²) in [5, 5.41) is 0. The summed E-state index contributed by atoms with van der Waals surface area (Å²) in [6.45, 7) is 9.24. The minimum absolute atomic E-state index is 0.0254. The highest BCUT2D eigenvalue weighted by molar-refractivity contribution is 6.01. The molecule has 7 nitrogen and oxygen atoms in total. The van der Waals surface area contributed by atoms with Gasteiger partial charge in [-0.2, -0.15) is 0 Å². The van der Waals surface area contributed by atoms with E-state index in [0.717, 1.165) is 24.8 Å². The number of carbonyl (C=O) groups is 4. The number of rotatable bonds is 6. The lowest BCUT2D eigenvalue weighted by Gasteiger charge is -2.56. The van der Waals surface area contributed by atoms with Crippen LogP contribution in [0.1, 0.15) is 73.1 Å². The zero-order valence-corrected chi connectivity index (χ0v) is 21.3. The summed E-state index contributed by atoms with van der Waals surface area (Å²) < 4.78 is 18.0. The molecule has 1 saturated heterocycles. The van der Waals surface area contributed by atoms with E-state index in [-0.39, 0.29) is 53.7 Å². The molecule has 8 atom stereocenters. The van der Waals surface area contributed by atoms with Gasteiger partial charge in [0.2, 0.25) is 5.78 Å². The first-order valence-corrected chi connectivity index (χ1v) is 13.0. The largest absolute Gasteiger partial charge is 0.457 e. The Balaban J connectivity index is 1.55. The molecular formula is C28H36O7. The van der Waals surface area contributed by atoms with Gasteiger partial charge in [-0.25, -0.2) is 0 Å². The number of epoxide rings is 1. The highest BCUT2D eigenvalue weighted by atomic mass is 16.6. The van der Waals surface area contributed by atoms with Crippen LogP contribution in [0.3, 0.4) is 0 Å². The Labute approximate surface area is 206 Å². The average Bonchev–Trinajstić information content (AvgIpc) is 3.50. The number of ketones is 2. The Morgan fingerprint density at radius 1 is 1.11 bits per heavy atom. The standard InChI is InChI=1S/C28H36O7/c1-6-23(31)33-15-21(30)27(35-24(32)7-2)16(3)12-20-19-9-8-17-13-18(29)10-11-25(17,4)28(19)22(34-28)14-26(20,27)5/h10-11,13,16,19-20,22H,6-9,12,14-15H2,1-5H3/t16-,19-,20-,22-,25-,26-,27-,28+/m0/s1. The maximum Gasteiger partial charge on any atom is 0.306 e. The topological polar surface area (TPSA) is 99.3 Å². The van der Waals surface area contributed by atoms with Crippen molar-refractivity contribution in [3.63, 3.8) is 0 Å². The van der Waals surface area contributed by atoms with Crippen LogP contribution in [0.15, 0.2) is 23.8 Å². The van der Waals surface area contributed by atoms with E-state index in [1.54, 1.807) is 26.0 Å². The molecule has 35 heavy (non-hydrogen) atoms. The Bertz CT molecular complexity index is 1060. The van der Waals surface area contributed by atoms with Crippen molar-refractivity contribution in [2.75, 3.05) is 6.61 Å². The second kappa shape index (κ2) is 7.86. The SMILES string of the molecule is CCC(=O)OCC(=O)[C@@]1(OC(=O)CC)[C@@H](C)C[C@H]2[C@@H]3CCC4=CC(=O)C=C[C@]4(C)[C@@]34O[C@H]4C[C@@]21C. The van der Waals surface area contributed by atoms with Gasteiger partial charge < -0.3 is 14.2 Å². The molecular weight excluding hydrogens is 448 g/mol. The quantitative estimate of drug-likeness (QED) is 0.417. The van der Waals surface area contributed by atoms with Gasteiger partial charge in [0.15, 0.2) is 18.0 Å². The van der Waals surface area contributed by atoms with Crippen molar-refractivity contribution in [2.24, 2.45) is 28.6 Å². The van der Waals surface area contributed by atoms with E-state index in [9.17, 15) is 19.2 Å². The van der Waals surface area contributed by atoms with Gasteiger partial charge in [0.05, 0.1) is 6.10 Å². The highest BCUT2D eigenvalue weighted by Crippen LogP contribution is 2.77. The van der Waals surface area contributed by atoms with Gasteiger partial charge in [0.25, 0.3) is 0 Å². The summed E-state index contributed by atoms with van der Waals surface area (Å²) in [5.41, 5.74) is -1.64. The first-order valence-electron chi connectivity index (χ1n) is 13.0. The van der Waals surface area contributed by atoms with E-state index >= 15 is 0 Å². The van der Waals surface area contributed by atoms with Crippen LogP contribution >= 0.6 is 0 Å². The molecule has 0 N–H and O–H groups in total. The molecule has 0 aromatic heterocycles. The minimum atomic E-state index is -1.37. The smallest absolute Gasteiger partial charge is 0.306 e. The number of fused-ring (bicyclic) bond motifs is 3. The summed E-state index contributed by atoms with van der Waals surface area (Å²) in [6, 6.07) is 0. The van der Waals surface area contributed by atoms with E-state index in [4.69, 9.17) is 14.2 Å². The Kier molecular flexibility index (Phi) is 5.48. The molecule has 0 aromatic rings. The third kappa shape index (κ3) is 3.00. The number of Topliss-reactive ketones (excluding diaryl/α,β-unsaturated/α-hetero) is 1. The monoisotopic (exact) mass is 484 g/mol. The molecule has 0 unspecified atom stereocenters. The van der Waals surface area contributed by atoms with Crippen molar-refractivity contribution in [2.45, 2.75) is 90.4 Å². The molecule has 190 valence electrons. The molecule has 1 heterocycles. The molecule has 0 amide bonds. The first-order chi connectivity index (χ1) is 16.5. The number of hydrogen-bond donors (Lipinski definition) is 0. The van der Waals surface area contributed by atoms with E-state index in [1.807, 2.05) is 13.0 Å². The summed E-state index contributed by atoms with van der Waals surface area (Å²) in [4.78, 5) is 50.5. The molecule has 0 radical (unpaired) electrons. The van der Waals surface area contributed by atoms with Crippen LogP contribution in [-0.2, 0) is 33.4 Å². The fourth-order valence-electron chi connectivity index (χ4n) is 8.44. The second-order valence-electron chi connectivity index (χ2n) is 11.5. The van der Waals surface area contributed by atoms with Crippen molar-refractivity contribution in [1.82, 2.24) is 0 Å². The van der Waals surface area contributed by atoms with Crippen molar-refractivity contribution < 1.29 is 33.4 Å². The lowest BCUT2D eigenvalue weighted by Crippen LogP contribution is -2.63. The van der Waals surface area contributed by atoms with Gasteiger partial charge in [-0.05, 0) is 56.6 Å². The normalized spacial score (nSPS) is 44.8. The van der Waals surface area contributed by atoms with Crippen LogP contribution in [0.4, 0.5) is 0 Å². The number of esters is 2. The van der Waals surface area contributed by atoms with Crippen LogP contribution in [0.2, 0.25) is 0 Å². The second-order valence-corrected chi connectivity index (χ2v) is 11.5. The lowest BCUT2D eigenvalue weighted by molar-refractivity contribution is -0.194. The minimum Gasteiger partial charge on any atom is -0.457 e. The number of ether oxygens (including phenoxy) is 3.